The molecule has 0 spiro atoms. The number of rotatable bonds is 13. The fourth-order valence-electron chi connectivity index (χ4n) is 3.94. The third-order valence-electron chi connectivity index (χ3n) is 5.69. The molecule has 0 N–H and O–H groups in total. The van der Waals surface area contributed by atoms with Gasteiger partial charge in [0.1, 0.15) is 0 Å². The van der Waals surface area contributed by atoms with Crippen molar-refractivity contribution in [3.05, 3.63) is 0 Å². The summed E-state index contributed by atoms with van der Waals surface area (Å²) >= 11 is 0. The number of nitrogens with zero attached hydrogens (tertiary/aromatic N) is 2. The molecule has 0 saturated carbocycles. The van der Waals surface area contributed by atoms with Crippen LogP contribution in [0.2, 0.25) is 0 Å². The molecule has 152 valence electrons. The first-order valence-corrected chi connectivity index (χ1v) is 11.2. The van der Waals surface area contributed by atoms with Gasteiger partial charge in [0.15, 0.2) is 0 Å². The monoisotopic (exact) mass is 366 g/mol. The van der Waals surface area contributed by atoms with E-state index in [2.05, 4.69) is 6.92 Å². The van der Waals surface area contributed by atoms with Gasteiger partial charge < -0.3 is 9.80 Å². The van der Waals surface area contributed by atoms with Crippen LogP contribution in [-0.2, 0) is 9.59 Å². The van der Waals surface area contributed by atoms with Gasteiger partial charge in [0.05, 0.1) is 5.92 Å². The molecule has 1 saturated heterocycles. The third-order valence-corrected chi connectivity index (χ3v) is 5.69. The van der Waals surface area contributed by atoms with Crippen LogP contribution >= 0.6 is 0 Å². The molecule has 1 rings (SSSR count). The van der Waals surface area contributed by atoms with Crippen molar-refractivity contribution in [1.29, 1.82) is 0 Å². The van der Waals surface area contributed by atoms with Gasteiger partial charge in [-0.2, -0.15) is 0 Å². The minimum Gasteiger partial charge on any atom is -0.343 e. The average molecular weight is 367 g/mol. The molecule has 0 aromatic rings. The summed E-state index contributed by atoms with van der Waals surface area (Å²) in [6.45, 7) is 9.29. The summed E-state index contributed by atoms with van der Waals surface area (Å²) in [5.74, 6) is 0.497. The second kappa shape index (κ2) is 14.1. The topological polar surface area (TPSA) is 40.6 Å². The van der Waals surface area contributed by atoms with Gasteiger partial charge >= 0.3 is 0 Å². The molecule has 0 aromatic carbocycles. The van der Waals surface area contributed by atoms with Crippen molar-refractivity contribution < 1.29 is 9.59 Å². The van der Waals surface area contributed by atoms with E-state index in [0.29, 0.717) is 13.0 Å². The first-order chi connectivity index (χ1) is 12.6. The number of carbonyl (C=O) groups excluding carboxylic acids is 2. The normalized spacial score (nSPS) is 17.3. The van der Waals surface area contributed by atoms with E-state index in [1.54, 1.807) is 0 Å². The Kier molecular flexibility index (Phi) is 12.4. The largest absolute Gasteiger partial charge is 0.343 e. The number of piperidine rings is 1. The number of unbranched alkanes of at least 4 members (excludes halogenated alkanes) is 8. The lowest BCUT2D eigenvalue weighted by Crippen LogP contribution is -2.46. The van der Waals surface area contributed by atoms with Gasteiger partial charge in [0.25, 0.3) is 0 Å². The lowest BCUT2D eigenvalue weighted by molar-refractivity contribution is -0.140. The second-order valence-corrected chi connectivity index (χ2v) is 7.77. The maximum atomic E-state index is 12.5. The molecular formula is C22H42N2O2. The Morgan fingerprint density at radius 2 is 1.46 bits per heavy atom. The lowest BCUT2D eigenvalue weighted by Gasteiger charge is -2.34. The molecule has 1 aliphatic rings. The first-order valence-electron chi connectivity index (χ1n) is 11.2. The highest BCUT2D eigenvalue weighted by Gasteiger charge is 2.30. The molecule has 1 fully saturated rings. The molecule has 4 heteroatoms. The molecule has 1 unspecified atom stereocenters. The van der Waals surface area contributed by atoms with Gasteiger partial charge in [0.2, 0.25) is 11.8 Å². The zero-order valence-electron chi connectivity index (χ0n) is 17.6. The van der Waals surface area contributed by atoms with Crippen molar-refractivity contribution in [3.63, 3.8) is 0 Å². The number of likely N-dealkylation sites (tertiary alicyclic amines) is 1. The summed E-state index contributed by atoms with van der Waals surface area (Å²) in [5.41, 5.74) is 0. The predicted octanol–water partition coefficient (Wildman–Crippen LogP) is 5.01. The van der Waals surface area contributed by atoms with Crippen molar-refractivity contribution in [3.8, 4) is 0 Å². The molecule has 4 nitrogen and oxygen atoms in total. The Bertz CT molecular complexity index is 394. The molecule has 0 radical (unpaired) electrons. The van der Waals surface area contributed by atoms with E-state index >= 15 is 0 Å². The first kappa shape index (κ1) is 23.0. The van der Waals surface area contributed by atoms with E-state index in [-0.39, 0.29) is 17.7 Å². The van der Waals surface area contributed by atoms with Crippen LogP contribution in [-0.4, -0.2) is 47.8 Å². The highest BCUT2D eigenvalue weighted by Crippen LogP contribution is 2.20. The minimum absolute atomic E-state index is 0.00993. The minimum atomic E-state index is 0.00993. The molecule has 1 aliphatic heterocycles. The summed E-state index contributed by atoms with van der Waals surface area (Å²) < 4.78 is 0. The number of hydrogen-bond donors (Lipinski definition) is 0. The maximum absolute atomic E-state index is 12.5. The molecule has 0 bridgehead atoms. The van der Waals surface area contributed by atoms with Crippen LogP contribution in [0.15, 0.2) is 0 Å². The van der Waals surface area contributed by atoms with E-state index in [1.165, 1.54) is 44.9 Å². The van der Waals surface area contributed by atoms with E-state index in [9.17, 15) is 9.59 Å². The lowest BCUT2D eigenvalue weighted by atomic mass is 9.96. The van der Waals surface area contributed by atoms with Gasteiger partial charge in [-0.15, -0.1) is 0 Å². The van der Waals surface area contributed by atoms with Crippen LogP contribution in [0.4, 0.5) is 0 Å². The van der Waals surface area contributed by atoms with Gasteiger partial charge in [-0.05, 0) is 33.1 Å². The Hall–Kier alpha value is -1.06. The summed E-state index contributed by atoms with van der Waals surface area (Å²) in [6.07, 6.45) is 14.0. The highest BCUT2D eigenvalue weighted by atomic mass is 16.2. The van der Waals surface area contributed by atoms with E-state index < -0.39 is 0 Å². The van der Waals surface area contributed by atoms with Crippen molar-refractivity contribution in [2.24, 2.45) is 5.92 Å². The van der Waals surface area contributed by atoms with Crippen LogP contribution < -0.4 is 0 Å². The molecule has 0 aliphatic carbocycles. The Balaban J connectivity index is 2.19. The summed E-state index contributed by atoms with van der Waals surface area (Å²) in [6, 6.07) is 0. The van der Waals surface area contributed by atoms with Crippen molar-refractivity contribution >= 4 is 11.8 Å². The van der Waals surface area contributed by atoms with Crippen LogP contribution in [0.5, 0.6) is 0 Å². The number of amides is 2. The smallest absolute Gasteiger partial charge is 0.227 e. The summed E-state index contributed by atoms with van der Waals surface area (Å²) in [7, 11) is 0. The molecule has 26 heavy (non-hydrogen) atoms. The van der Waals surface area contributed by atoms with Gasteiger partial charge in [-0.3, -0.25) is 9.59 Å². The van der Waals surface area contributed by atoms with Gasteiger partial charge in [0, 0.05) is 32.6 Å². The standard InChI is InChI=1S/C22H42N2O2/c1-4-7-8-9-10-11-12-13-14-17-21(25)24-18-15-16-20(19-24)22(26)23(5-2)6-3/h20H,4-19H2,1-3H3. The zero-order valence-corrected chi connectivity index (χ0v) is 17.6. The fraction of sp³-hybridized carbons (Fsp3) is 0.909. The van der Waals surface area contributed by atoms with Crippen LogP contribution in [0, 0.1) is 5.92 Å². The van der Waals surface area contributed by atoms with Crippen LogP contribution in [0.1, 0.15) is 97.8 Å². The maximum Gasteiger partial charge on any atom is 0.227 e. The number of hydrogen-bond acceptors (Lipinski definition) is 2. The van der Waals surface area contributed by atoms with E-state index in [4.69, 9.17) is 0 Å². The fourth-order valence-corrected chi connectivity index (χ4v) is 3.94. The zero-order chi connectivity index (χ0) is 19.2. The molecule has 2 amide bonds. The van der Waals surface area contributed by atoms with Crippen molar-refractivity contribution in [2.45, 2.75) is 97.8 Å². The quantitative estimate of drug-likeness (QED) is 0.430. The summed E-state index contributed by atoms with van der Waals surface area (Å²) in [4.78, 5) is 28.9. The van der Waals surface area contributed by atoms with Crippen LogP contribution in [0.3, 0.4) is 0 Å². The van der Waals surface area contributed by atoms with Gasteiger partial charge in [-0.25, -0.2) is 0 Å². The number of carbonyl (C=O) groups is 2. The van der Waals surface area contributed by atoms with E-state index in [0.717, 1.165) is 45.3 Å². The third kappa shape index (κ3) is 8.55. The van der Waals surface area contributed by atoms with Crippen molar-refractivity contribution in [1.82, 2.24) is 9.80 Å². The predicted molar refractivity (Wildman–Crippen MR) is 109 cm³/mol. The Morgan fingerprint density at radius 1 is 0.885 bits per heavy atom. The Labute approximate surface area is 161 Å². The molecule has 1 heterocycles. The van der Waals surface area contributed by atoms with Crippen molar-refractivity contribution in [2.75, 3.05) is 26.2 Å². The molecule has 0 aromatic heterocycles. The average Bonchev–Trinajstić information content (AvgIpc) is 2.67. The van der Waals surface area contributed by atoms with E-state index in [1.807, 2.05) is 23.6 Å². The van der Waals surface area contributed by atoms with Crippen LogP contribution in [0.25, 0.3) is 0 Å². The highest BCUT2D eigenvalue weighted by molar-refractivity contribution is 5.81. The SMILES string of the molecule is CCCCCCCCCCCC(=O)N1CCCC(C(=O)N(CC)CC)C1. The summed E-state index contributed by atoms with van der Waals surface area (Å²) in [5, 5.41) is 0. The van der Waals surface area contributed by atoms with Gasteiger partial charge in [-0.1, -0.05) is 58.3 Å². The molecular weight excluding hydrogens is 324 g/mol. The second-order valence-electron chi connectivity index (χ2n) is 7.77. The molecule has 1 atom stereocenters. The Morgan fingerprint density at radius 3 is 2.04 bits per heavy atom.